The van der Waals surface area contributed by atoms with Gasteiger partial charge in [0.1, 0.15) is 17.9 Å². The highest BCUT2D eigenvalue weighted by Crippen LogP contribution is 2.89. The topological polar surface area (TPSA) is 76.1 Å². The van der Waals surface area contributed by atoms with Gasteiger partial charge in [0.15, 0.2) is 0 Å². The van der Waals surface area contributed by atoms with Crippen molar-refractivity contribution in [1.29, 1.82) is 0 Å². The minimum atomic E-state index is -0.914. The summed E-state index contributed by atoms with van der Waals surface area (Å²) in [4.78, 5) is 29.6. The normalized spacial score (nSPS) is 49.8. The number of carbonyl (C=O) groups excluding carboxylic acids is 2. The fraction of sp³-hybridized carbons (Fsp3) is 0.529. The third kappa shape index (κ3) is 2.40. The molecule has 6 nitrogen and oxygen atoms in total. The van der Waals surface area contributed by atoms with E-state index in [1.165, 1.54) is 0 Å². The van der Waals surface area contributed by atoms with Crippen LogP contribution < -0.4 is 0 Å². The molecular weight excluding hydrogens is 502 g/mol. The molecule has 0 radical (unpaired) electrons. The maximum Gasteiger partial charge on any atom is 0.338 e. The number of ether oxygens (including phenoxy) is 2. The number of benzene rings is 2. The van der Waals surface area contributed by atoms with Gasteiger partial charge in [-0.25, -0.2) is 9.59 Å². The van der Waals surface area contributed by atoms with E-state index in [4.69, 9.17) is 9.47 Å². The lowest BCUT2D eigenvalue weighted by Gasteiger charge is -2.68. The zero-order valence-electron chi connectivity index (χ0n) is 22.8. The van der Waals surface area contributed by atoms with Crippen LogP contribution in [0.2, 0.25) is 0 Å². The van der Waals surface area contributed by atoms with Crippen molar-refractivity contribution in [2.24, 2.45) is 39.9 Å². The van der Waals surface area contributed by atoms with Crippen LogP contribution >= 0.6 is 0 Å². The number of hydrogen-bond donors (Lipinski definition) is 1. The quantitative estimate of drug-likeness (QED) is 0.444. The smallest absolute Gasteiger partial charge is 0.338 e. The number of piperidine rings is 2. The average molecular weight is 538 g/mol. The van der Waals surface area contributed by atoms with Gasteiger partial charge >= 0.3 is 11.9 Å². The number of esters is 2. The van der Waals surface area contributed by atoms with Crippen LogP contribution in [0.4, 0.5) is 0 Å². The van der Waals surface area contributed by atoms with E-state index >= 15 is 0 Å². The zero-order chi connectivity index (χ0) is 27.2. The van der Waals surface area contributed by atoms with Crippen molar-refractivity contribution >= 4 is 11.9 Å². The molecule has 206 valence electrons. The van der Waals surface area contributed by atoms with E-state index in [0.29, 0.717) is 17.5 Å². The van der Waals surface area contributed by atoms with Crippen LogP contribution in [0.5, 0.6) is 0 Å². The first-order chi connectivity index (χ1) is 19.3. The number of carbonyl (C=O) groups is 2. The molecule has 2 spiro atoms. The molecule has 9 bridgehead atoms. The predicted molar refractivity (Wildman–Crippen MR) is 146 cm³/mol. The summed E-state index contributed by atoms with van der Waals surface area (Å²) >= 11 is 0. The van der Waals surface area contributed by atoms with Crippen LogP contribution in [0.15, 0.2) is 72.8 Å². The van der Waals surface area contributed by atoms with Gasteiger partial charge in [-0.3, -0.25) is 4.90 Å². The Morgan fingerprint density at radius 2 is 1.60 bits per heavy atom. The molecular formula is C34H35NO5. The number of fused-ring (bicyclic) bond motifs is 1. The van der Waals surface area contributed by atoms with Crippen LogP contribution in [-0.2, 0) is 9.47 Å². The second kappa shape index (κ2) is 7.27. The Morgan fingerprint density at radius 3 is 2.27 bits per heavy atom. The maximum absolute atomic E-state index is 13.6. The van der Waals surface area contributed by atoms with Crippen molar-refractivity contribution < 1.29 is 24.2 Å². The van der Waals surface area contributed by atoms with Crippen LogP contribution in [0.3, 0.4) is 0 Å². The van der Waals surface area contributed by atoms with Crippen molar-refractivity contribution in [3.8, 4) is 0 Å². The van der Waals surface area contributed by atoms with Crippen molar-refractivity contribution in [3.05, 3.63) is 83.9 Å². The molecule has 6 aliphatic carbocycles. The molecule has 0 amide bonds. The van der Waals surface area contributed by atoms with E-state index in [9.17, 15) is 14.7 Å². The standard InChI is InChI=1S/C34H35NO5/c1-19-22-16-23-26-32-15-9-14-31(2)18-35(26)34(38,30(31)32)17-33(23,27(19)40-29(37)21-12-7-4-8-13-21)25(32)24(22)39-28(36)20-10-5-3-6-11-20/h3-8,10-13,22-27,30,38H,1,9,14-18H2,2H3/t22-,23-,24+,25+,26?,27-,30-,31+,32+,33-,34+/m1/s1. The summed E-state index contributed by atoms with van der Waals surface area (Å²) in [6.07, 6.45) is 3.84. The summed E-state index contributed by atoms with van der Waals surface area (Å²) in [6.45, 7) is 7.83. The van der Waals surface area contributed by atoms with Gasteiger partial charge in [-0.1, -0.05) is 56.3 Å². The molecule has 9 aliphatic rings. The van der Waals surface area contributed by atoms with Gasteiger partial charge < -0.3 is 14.6 Å². The Morgan fingerprint density at radius 1 is 0.950 bits per heavy atom. The number of nitrogens with zero attached hydrogens (tertiary/aromatic N) is 1. The van der Waals surface area contributed by atoms with Crippen molar-refractivity contribution in [2.75, 3.05) is 6.54 Å². The maximum atomic E-state index is 13.6. The molecule has 11 rings (SSSR count). The lowest BCUT2D eigenvalue weighted by molar-refractivity contribution is -0.271. The van der Waals surface area contributed by atoms with E-state index in [2.05, 4.69) is 18.4 Å². The minimum Gasteiger partial charge on any atom is -0.458 e. The van der Waals surface area contributed by atoms with Gasteiger partial charge in [0.25, 0.3) is 0 Å². The van der Waals surface area contributed by atoms with Gasteiger partial charge in [-0.05, 0) is 60.4 Å². The highest BCUT2D eigenvalue weighted by molar-refractivity contribution is 5.90. The Hall–Kier alpha value is -2.96. The van der Waals surface area contributed by atoms with Gasteiger partial charge in [0.2, 0.25) is 0 Å². The number of hydrogen-bond acceptors (Lipinski definition) is 6. The average Bonchev–Trinajstić information content (AvgIpc) is 3.32. The molecule has 2 aromatic rings. The summed E-state index contributed by atoms with van der Waals surface area (Å²) in [5.74, 6) is -0.269. The third-order valence-electron chi connectivity index (χ3n) is 12.8. The molecule has 12 atom stereocenters. The van der Waals surface area contributed by atoms with Gasteiger partial charge in [-0.15, -0.1) is 0 Å². The van der Waals surface area contributed by atoms with Crippen molar-refractivity contribution in [3.63, 3.8) is 0 Å². The van der Waals surface area contributed by atoms with Crippen LogP contribution in [-0.4, -0.2) is 52.5 Å². The SMILES string of the molecule is C=C1[C@H]2C[C@@H]3C4N5C[C@]6(C)CCC[C@@]47[C@@H]6[C@@]5(O)C[C@]3([C@@H]1OC(=O)c1ccccc1)[C@H]7[C@H]2OC(=O)c1ccccc1. The molecule has 0 aromatic heterocycles. The fourth-order valence-corrected chi connectivity index (χ4v) is 12.4. The highest BCUT2D eigenvalue weighted by Gasteiger charge is 2.94. The summed E-state index contributed by atoms with van der Waals surface area (Å²) in [5.41, 5.74) is 0.412. The molecule has 2 aromatic carbocycles. The molecule has 3 saturated heterocycles. The van der Waals surface area contributed by atoms with Gasteiger partial charge in [0.05, 0.1) is 11.1 Å². The Balaban J connectivity index is 1.20. The van der Waals surface area contributed by atoms with Crippen molar-refractivity contribution in [1.82, 2.24) is 4.90 Å². The van der Waals surface area contributed by atoms with Gasteiger partial charge in [0, 0.05) is 47.6 Å². The molecule has 1 N–H and O–H groups in total. The summed E-state index contributed by atoms with van der Waals surface area (Å²) in [6, 6.07) is 18.6. The van der Waals surface area contributed by atoms with E-state index in [1.807, 2.05) is 48.5 Å². The second-order valence-electron chi connectivity index (χ2n) is 14.2. The molecule has 40 heavy (non-hydrogen) atoms. The number of aliphatic hydroxyl groups is 1. The monoisotopic (exact) mass is 537 g/mol. The highest BCUT2D eigenvalue weighted by atomic mass is 16.6. The van der Waals surface area contributed by atoms with Crippen LogP contribution in [0.1, 0.15) is 59.7 Å². The molecule has 6 heteroatoms. The third-order valence-corrected chi connectivity index (χ3v) is 12.8. The Kier molecular flexibility index (Phi) is 4.31. The first-order valence-corrected chi connectivity index (χ1v) is 15.0. The number of rotatable bonds is 4. The van der Waals surface area contributed by atoms with Crippen LogP contribution in [0.25, 0.3) is 0 Å². The lowest BCUT2D eigenvalue weighted by Crippen LogP contribution is -2.72. The first kappa shape index (κ1) is 23.7. The van der Waals surface area contributed by atoms with Crippen molar-refractivity contribution in [2.45, 2.75) is 63.0 Å². The van der Waals surface area contributed by atoms with Gasteiger partial charge in [-0.2, -0.15) is 0 Å². The summed E-state index contributed by atoms with van der Waals surface area (Å²) in [5, 5.41) is 12.6. The molecule has 9 fully saturated rings. The molecule has 6 saturated carbocycles. The second-order valence-corrected chi connectivity index (χ2v) is 14.2. The fourth-order valence-electron chi connectivity index (χ4n) is 12.4. The van der Waals surface area contributed by atoms with E-state index < -0.39 is 17.2 Å². The Bertz CT molecular complexity index is 1480. The molecule has 3 aliphatic heterocycles. The Labute approximate surface area is 234 Å². The molecule has 3 heterocycles. The van der Waals surface area contributed by atoms with E-state index in [-0.39, 0.29) is 58.6 Å². The zero-order valence-corrected chi connectivity index (χ0v) is 22.8. The predicted octanol–water partition coefficient (Wildman–Crippen LogP) is 4.84. The first-order valence-electron chi connectivity index (χ1n) is 15.0. The lowest BCUT2D eigenvalue weighted by atomic mass is 9.38. The largest absolute Gasteiger partial charge is 0.458 e. The van der Waals surface area contributed by atoms with Crippen LogP contribution in [0, 0.1) is 39.9 Å². The summed E-state index contributed by atoms with van der Waals surface area (Å²) in [7, 11) is 0. The van der Waals surface area contributed by atoms with E-state index in [1.54, 1.807) is 12.1 Å². The van der Waals surface area contributed by atoms with E-state index in [0.717, 1.165) is 37.8 Å². The minimum absolute atomic E-state index is 0.0238. The molecule has 2 unspecified atom stereocenters. The summed E-state index contributed by atoms with van der Waals surface area (Å²) < 4.78 is 13.0.